The lowest BCUT2D eigenvalue weighted by atomic mass is 9.82. The SMILES string of the molecule is CN1CCCC(N2C(=O)NC(c3ccccc3)(c3ccccc3)C2=O)C1. The number of carbonyl (C=O) groups is 2. The molecular weight excluding hydrogens is 326 g/mol. The maximum Gasteiger partial charge on any atom is 0.325 e. The van der Waals surface area contributed by atoms with Crippen LogP contribution in [0.1, 0.15) is 24.0 Å². The highest BCUT2D eigenvalue weighted by molar-refractivity contribution is 6.09. The number of amides is 3. The second kappa shape index (κ2) is 6.57. The molecule has 2 aliphatic rings. The minimum absolute atomic E-state index is 0.0875. The number of hydrogen-bond donors (Lipinski definition) is 1. The molecule has 0 radical (unpaired) electrons. The summed E-state index contributed by atoms with van der Waals surface area (Å²) in [4.78, 5) is 30.2. The molecule has 4 rings (SSSR count). The lowest BCUT2D eigenvalue weighted by Gasteiger charge is -2.35. The van der Waals surface area contributed by atoms with Crippen molar-refractivity contribution in [2.24, 2.45) is 0 Å². The van der Waals surface area contributed by atoms with Crippen molar-refractivity contribution in [1.29, 1.82) is 0 Å². The van der Waals surface area contributed by atoms with Gasteiger partial charge in [0.1, 0.15) is 0 Å². The van der Waals surface area contributed by atoms with Crippen LogP contribution in [0.4, 0.5) is 4.79 Å². The van der Waals surface area contributed by atoms with Crippen molar-refractivity contribution in [2.45, 2.75) is 24.4 Å². The minimum atomic E-state index is -1.16. The fraction of sp³-hybridized carbons (Fsp3) is 0.333. The van der Waals surface area contributed by atoms with Crippen LogP contribution in [0.15, 0.2) is 60.7 Å². The number of urea groups is 1. The third kappa shape index (κ3) is 2.59. The van der Waals surface area contributed by atoms with Crippen LogP contribution in [0.25, 0.3) is 0 Å². The molecule has 1 atom stereocenters. The molecule has 3 amide bonds. The van der Waals surface area contributed by atoms with Gasteiger partial charge in [0.2, 0.25) is 0 Å². The predicted molar refractivity (Wildman–Crippen MR) is 99.6 cm³/mol. The molecular formula is C21H23N3O2. The molecule has 2 saturated heterocycles. The van der Waals surface area contributed by atoms with E-state index in [1.54, 1.807) is 0 Å². The van der Waals surface area contributed by atoms with Crippen molar-refractivity contribution in [3.8, 4) is 0 Å². The van der Waals surface area contributed by atoms with E-state index in [-0.39, 0.29) is 18.0 Å². The average Bonchev–Trinajstić information content (AvgIpc) is 2.94. The summed E-state index contributed by atoms with van der Waals surface area (Å²) in [5.74, 6) is -0.180. The summed E-state index contributed by atoms with van der Waals surface area (Å²) in [6.45, 7) is 1.72. The van der Waals surface area contributed by atoms with Crippen LogP contribution in [0.2, 0.25) is 0 Å². The second-order valence-electron chi connectivity index (χ2n) is 7.15. The van der Waals surface area contributed by atoms with Gasteiger partial charge in [-0.25, -0.2) is 4.79 Å². The highest BCUT2D eigenvalue weighted by Crippen LogP contribution is 2.37. The van der Waals surface area contributed by atoms with Gasteiger partial charge in [0, 0.05) is 6.54 Å². The monoisotopic (exact) mass is 349 g/mol. The Hall–Kier alpha value is -2.66. The van der Waals surface area contributed by atoms with Crippen molar-refractivity contribution in [3.63, 3.8) is 0 Å². The zero-order valence-corrected chi connectivity index (χ0v) is 14.9. The first-order valence-electron chi connectivity index (χ1n) is 9.08. The van der Waals surface area contributed by atoms with E-state index in [4.69, 9.17) is 0 Å². The predicted octanol–water partition coefficient (Wildman–Crippen LogP) is 2.58. The standard InChI is InChI=1S/C21H23N3O2/c1-23-14-8-13-18(15-23)24-19(25)21(22-20(24)26,16-9-4-2-5-10-16)17-11-6-3-7-12-17/h2-7,9-12,18H,8,13-15H2,1H3,(H,22,26). The first-order chi connectivity index (χ1) is 12.6. The first kappa shape index (κ1) is 16.8. The van der Waals surface area contributed by atoms with Gasteiger partial charge in [0.05, 0.1) is 6.04 Å². The van der Waals surface area contributed by atoms with Gasteiger partial charge in [-0.1, -0.05) is 60.7 Å². The summed E-state index contributed by atoms with van der Waals surface area (Å²) in [7, 11) is 2.03. The average molecular weight is 349 g/mol. The van der Waals surface area contributed by atoms with Gasteiger partial charge >= 0.3 is 6.03 Å². The van der Waals surface area contributed by atoms with Crippen molar-refractivity contribution in [2.75, 3.05) is 20.1 Å². The van der Waals surface area contributed by atoms with Crippen LogP contribution in [0.3, 0.4) is 0 Å². The van der Waals surface area contributed by atoms with Crippen molar-refractivity contribution in [1.82, 2.24) is 15.1 Å². The fourth-order valence-corrected chi connectivity index (χ4v) is 4.16. The maximum atomic E-state index is 13.7. The van der Waals surface area contributed by atoms with Crippen LogP contribution in [-0.2, 0) is 10.3 Å². The Balaban J connectivity index is 1.80. The molecule has 2 fully saturated rings. The van der Waals surface area contributed by atoms with E-state index >= 15 is 0 Å². The fourth-order valence-electron chi connectivity index (χ4n) is 4.16. The van der Waals surface area contributed by atoms with Gasteiger partial charge in [0.25, 0.3) is 5.91 Å². The maximum absolute atomic E-state index is 13.7. The Morgan fingerprint density at radius 3 is 2.08 bits per heavy atom. The summed E-state index contributed by atoms with van der Waals surface area (Å²) in [5.41, 5.74) is 0.419. The highest BCUT2D eigenvalue weighted by atomic mass is 16.2. The van der Waals surface area contributed by atoms with E-state index in [0.717, 1.165) is 37.1 Å². The normalized spacial score (nSPS) is 23.1. The molecule has 5 heteroatoms. The molecule has 2 aromatic carbocycles. The van der Waals surface area contributed by atoms with Gasteiger partial charge in [-0.05, 0) is 37.6 Å². The smallest absolute Gasteiger partial charge is 0.315 e. The number of likely N-dealkylation sites (N-methyl/N-ethyl adjacent to an activating group) is 1. The van der Waals surface area contributed by atoms with E-state index in [1.807, 2.05) is 67.7 Å². The molecule has 2 aromatic rings. The van der Waals surface area contributed by atoms with Gasteiger partial charge in [-0.3, -0.25) is 9.69 Å². The summed E-state index contributed by atoms with van der Waals surface area (Å²) in [6.07, 6.45) is 1.84. The summed E-state index contributed by atoms with van der Waals surface area (Å²) < 4.78 is 0. The van der Waals surface area contributed by atoms with Crippen molar-refractivity contribution in [3.05, 3.63) is 71.8 Å². The number of carbonyl (C=O) groups excluding carboxylic acids is 2. The Bertz CT molecular complexity index is 767. The van der Waals surface area contributed by atoms with Crippen molar-refractivity contribution >= 4 is 11.9 Å². The summed E-state index contributed by atoms with van der Waals surface area (Å²) in [6, 6.07) is 18.7. The van der Waals surface area contributed by atoms with Gasteiger partial charge in [-0.2, -0.15) is 0 Å². The lowest BCUT2D eigenvalue weighted by Crippen LogP contribution is -2.50. The molecule has 0 aliphatic carbocycles. The van der Waals surface area contributed by atoms with Crippen LogP contribution in [0, 0.1) is 0 Å². The molecule has 26 heavy (non-hydrogen) atoms. The number of nitrogens with zero attached hydrogens (tertiary/aromatic N) is 2. The van der Waals surface area contributed by atoms with Crippen LogP contribution in [-0.4, -0.2) is 47.9 Å². The highest BCUT2D eigenvalue weighted by Gasteiger charge is 2.55. The second-order valence-corrected chi connectivity index (χ2v) is 7.15. The third-order valence-electron chi connectivity index (χ3n) is 5.43. The molecule has 0 saturated carbocycles. The number of nitrogens with one attached hydrogen (secondary N) is 1. The zero-order chi connectivity index (χ0) is 18.1. The molecule has 0 bridgehead atoms. The van der Waals surface area contributed by atoms with E-state index in [9.17, 15) is 9.59 Å². The lowest BCUT2D eigenvalue weighted by molar-refractivity contribution is -0.132. The summed E-state index contributed by atoms with van der Waals surface area (Å²) >= 11 is 0. The number of hydrogen-bond acceptors (Lipinski definition) is 3. The Morgan fingerprint density at radius 2 is 1.54 bits per heavy atom. The van der Waals surface area contributed by atoms with Crippen LogP contribution in [0.5, 0.6) is 0 Å². The molecule has 2 aliphatic heterocycles. The molecule has 2 heterocycles. The Morgan fingerprint density at radius 1 is 0.962 bits per heavy atom. The van der Waals surface area contributed by atoms with Gasteiger partial charge < -0.3 is 10.2 Å². The van der Waals surface area contributed by atoms with E-state index in [0.29, 0.717) is 0 Å². The number of likely N-dealkylation sites (tertiary alicyclic amines) is 1. The zero-order valence-electron chi connectivity index (χ0n) is 14.9. The van der Waals surface area contributed by atoms with Crippen LogP contribution >= 0.6 is 0 Å². The number of piperidine rings is 1. The molecule has 0 spiro atoms. The topological polar surface area (TPSA) is 52.6 Å². The molecule has 134 valence electrons. The Kier molecular flexibility index (Phi) is 4.24. The molecule has 5 nitrogen and oxygen atoms in total. The summed E-state index contributed by atoms with van der Waals surface area (Å²) in [5, 5.41) is 3.03. The van der Waals surface area contributed by atoms with E-state index in [1.165, 1.54) is 4.90 Å². The van der Waals surface area contributed by atoms with E-state index in [2.05, 4.69) is 10.2 Å². The molecule has 1 unspecified atom stereocenters. The third-order valence-corrected chi connectivity index (χ3v) is 5.43. The molecule has 0 aromatic heterocycles. The first-order valence-corrected chi connectivity index (χ1v) is 9.08. The largest absolute Gasteiger partial charge is 0.325 e. The number of benzene rings is 2. The van der Waals surface area contributed by atoms with Crippen molar-refractivity contribution < 1.29 is 9.59 Å². The Labute approximate surface area is 153 Å². The van der Waals surface area contributed by atoms with Gasteiger partial charge in [-0.15, -0.1) is 0 Å². The van der Waals surface area contributed by atoms with E-state index < -0.39 is 5.54 Å². The number of rotatable bonds is 3. The van der Waals surface area contributed by atoms with Gasteiger partial charge in [0.15, 0.2) is 5.54 Å². The molecule has 1 N–H and O–H groups in total. The quantitative estimate of drug-likeness (QED) is 0.867. The minimum Gasteiger partial charge on any atom is -0.315 e. The number of imide groups is 1. The van der Waals surface area contributed by atoms with Crippen LogP contribution < -0.4 is 5.32 Å².